The molecule has 4 nitrogen and oxygen atoms in total. The van der Waals surface area contributed by atoms with Gasteiger partial charge in [-0.1, -0.05) is 25.1 Å². The SMILES string of the molecule is C[C@H](CC(=O)O)NC(=O)[C@H](C)CCc1ccccc1F. The molecule has 1 rings (SSSR count). The summed E-state index contributed by atoms with van der Waals surface area (Å²) in [7, 11) is 0. The zero-order valence-electron chi connectivity index (χ0n) is 11.7. The molecule has 1 aromatic carbocycles. The first kappa shape index (κ1) is 16.1. The Kier molecular flexibility index (Phi) is 6.15. The number of aliphatic carboxylic acids is 1. The molecule has 0 heterocycles. The minimum atomic E-state index is -0.947. The molecule has 0 aromatic heterocycles. The fourth-order valence-electron chi connectivity index (χ4n) is 1.90. The van der Waals surface area contributed by atoms with E-state index in [1.54, 1.807) is 32.0 Å². The van der Waals surface area contributed by atoms with Gasteiger partial charge in [-0.2, -0.15) is 0 Å². The molecule has 0 bridgehead atoms. The summed E-state index contributed by atoms with van der Waals surface area (Å²) in [6.45, 7) is 3.40. The molecule has 0 aliphatic carbocycles. The van der Waals surface area contributed by atoms with Crippen LogP contribution in [0.4, 0.5) is 4.39 Å². The monoisotopic (exact) mass is 281 g/mol. The average Bonchev–Trinajstić information content (AvgIpc) is 2.36. The molecule has 1 amide bonds. The van der Waals surface area contributed by atoms with Crippen LogP contribution in [0.3, 0.4) is 0 Å². The van der Waals surface area contributed by atoms with Crippen LogP contribution in [0, 0.1) is 11.7 Å². The highest BCUT2D eigenvalue weighted by molar-refractivity contribution is 5.79. The fourth-order valence-corrected chi connectivity index (χ4v) is 1.90. The van der Waals surface area contributed by atoms with E-state index in [1.807, 2.05) is 0 Å². The second-order valence-corrected chi connectivity index (χ2v) is 5.04. The Labute approximate surface area is 118 Å². The van der Waals surface area contributed by atoms with Crippen molar-refractivity contribution in [2.45, 2.75) is 39.2 Å². The summed E-state index contributed by atoms with van der Waals surface area (Å²) in [5, 5.41) is 11.3. The molecule has 0 radical (unpaired) electrons. The Morgan fingerprint density at radius 2 is 1.95 bits per heavy atom. The average molecular weight is 281 g/mol. The van der Waals surface area contributed by atoms with Crippen LogP contribution in [-0.4, -0.2) is 23.0 Å². The van der Waals surface area contributed by atoms with E-state index in [-0.39, 0.29) is 24.1 Å². The van der Waals surface area contributed by atoms with Gasteiger partial charge >= 0.3 is 5.97 Å². The summed E-state index contributed by atoms with van der Waals surface area (Å²) in [4.78, 5) is 22.4. The lowest BCUT2D eigenvalue weighted by Crippen LogP contribution is -2.37. The van der Waals surface area contributed by atoms with Crippen LogP contribution in [0.1, 0.15) is 32.3 Å². The zero-order chi connectivity index (χ0) is 15.1. The summed E-state index contributed by atoms with van der Waals surface area (Å²) in [6, 6.07) is 6.08. The van der Waals surface area contributed by atoms with E-state index < -0.39 is 12.0 Å². The lowest BCUT2D eigenvalue weighted by molar-refractivity contribution is -0.137. The largest absolute Gasteiger partial charge is 0.481 e. The molecule has 20 heavy (non-hydrogen) atoms. The Bertz CT molecular complexity index is 476. The second kappa shape index (κ2) is 7.62. The van der Waals surface area contributed by atoms with Gasteiger partial charge in [0.05, 0.1) is 6.42 Å². The highest BCUT2D eigenvalue weighted by Gasteiger charge is 2.17. The number of amides is 1. The van der Waals surface area contributed by atoms with E-state index in [1.165, 1.54) is 6.07 Å². The Hall–Kier alpha value is -1.91. The normalized spacial score (nSPS) is 13.6. The minimum Gasteiger partial charge on any atom is -0.481 e. The number of carbonyl (C=O) groups excluding carboxylic acids is 1. The predicted molar refractivity (Wildman–Crippen MR) is 73.7 cm³/mol. The van der Waals surface area contributed by atoms with E-state index in [2.05, 4.69) is 5.32 Å². The van der Waals surface area contributed by atoms with Crippen molar-refractivity contribution in [3.8, 4) is 0 Å². The van der Waals surface area contributed by atoms with Gasteiger partial charge in [-0.05, 0) is 31.4 Å². The van der Waals surface area contributed by atoms with E-state index >= 15 is 0 Å². The van der Waals surface area contributed by atoms with Crippen molar-refractivity contribution in [3.63, 3.8) is 0 Å². The lowest BCUT2D eigenvalue weighted by Gasteiger charge is -2.16. The number of halogens is 1. The molecule has 0 unspecified atom stereocenters. The number of benzene rings is 1. The van der Waals surface area contributed by atoms with Gasteiger partial charge in [0.1, 0.15) is 5.82 Å². The van der Waals surface area contributed by atoms with Crippen molar-refractivity contribution in [1.29, 1.82) is 0 Å². The van der Waals surface area contributed by atoms with Crippen molar-refractivity contribution in [3.05, 3.63) is 35.6 Å². The van der Waals surface area contributed by atoms with Crippen molar-refractivity contribution in [2.75, 3.05) is 0 Å². The van der Waals surface area contributed by atoms with Crippen LogP contribution in [0.15, 0.2) is 24.3 Å². The lowest BCUT2D eigenvalue weighted by atomic mass is 9.99. The highest BCUT2D eigenvalue weighted by atomic mass is 19.1. The molecular formula is C15H20FNO3. The molecule has 0 aliphatic rings. The summed E-state index contributed by atoms with van der Waals surface area (Å²) >= 11 is 0. The van der Waals surface area contributed by atoms with Crippen molar-refractivity contribution < 1.29 is 19.1 Å². The van der Waals surface area contributed by atoms with Crippen LogP contribution in [0.2, 0.25) is 0 Å². The highest BCUT2D eigenvalue weighted by Crippen LogP contribution is 2.13. The van der Waals surface area contributed by atoms with Crippen LogP contribution in [0.25, 0.3) is 0 Å². The molecule has 2 N–H and O–H groups in total. The van der Waals surface area contributed by atoms with E-state index in [4.69, 9.17) is 5.11 Å². The van der Waals surface area contributed by atoms with Crippen molar-refractivity contribution in [1.82, 2.24) is 5.32 Å². The van der Waals surface area contributed by atoms with Crippen LogP contribution in [-0.2, 0) is 16.0 Å². The van der Waals surface area contributed by atoms with Gasteiger partial charge < -0.3 is 10.4 Å². The fraction of sp³-hybridized carbons (Fsp3) is 0.467. The third kappa shape index (κ3) is 5.38. The molecule has 5 heteroatoms. The molecule has 0 spiro atoms. The van der Waals surface area contributed by atoms with Gasteiger partial charge in [0, 0.05) is 12.0 Å². The summed E-state index contributed by atoms with van der Waals surface area (Å²) in [6.07, 6.45) is 0.896. The van der Waals surface area contributed by atoms with Crippen molar-refractivity contribution >= 4 is 11.9 Å². The van der Waals surface area contributed by atoms with Gasteiger partial charge in [-0.15, -0.1) is 0 Å². The number of rotatable bonds is 7. The van der Waals surface area contributed by atoms with Crippen LogP contribution < -0.4 is 5.32 Å². The molecular weight excluding hydrogens is 261 g/mol. The van der Waals surface area contributed by atoms with E-state index in [0.29, 0.717) is 18.4 Å². The molecule has 0 saturated heterocycles. The number of carboxylic acids is 1. The van der Waals surface area contributed by atoms with Crippen LogP contribution in [0.5, 0.6) is 0 Å². The Morgan fingerprint density at radius 3 is 2.55 bits per heavy atom. The van der Waals surface area contributed by atoms with Crippen LogP contribution >= 0.6 is 0 Å². The van der Waals surface area contributed by atoms with E-state index in [0.717, 1.165) is 0 Å². The van der Waals surface area contributed by atoms with Gasteiger partial charge in [-0.3, -0.25) is 9.59 Å². The van der Waals surface area contributed by atoms with Crippen molar-refractivity contribution in [2.24, 2.45) is 5.92 Å². The summed E-state index contributed by atoms with van der Waals surface area (Å²) in [5.41, 5.74) is 0.589. The minimum absolute atomic E-state index is 0.105. The third-order valence-electron chi connectivity index (χ3n) is 3.12. The topological polar surface area (TPSA) is 66.4 Å². The number of carbonyl (C=O) groups is 2. The van der Waals surface area contributed by atoms with Gasteiger partial charge in [0.25, 0.3) is 0 Å². The van der Waals surface area contributed by atoms with Gasteiger partial charge in [0.15, 0.2) is 0 Å². The zero-order valence-corrected chi connectivity index (χ0v) is 11.7. The number of aryl methyl sites for hydroxylation is 1. The maximum absolute atomic E-state index is 13.4. The molecule has 110 valence electrons. The maximum atomic E-state index is 13.4. The molecule has 0 aliphatic heterocycles. The maximum Gasteiger partial charge on any atom is 0.305 e. The Balaban J connectivity index is 2.42. The first-order valence-corrected chi connectivity index (χ1v) is 6.65. The quantitative estimate of drug-likeness (QED) is 0.806. The first-order valence-electron chi connectivity index (χ1n) is 6.65. The smallest absolute Gasteiger partial charge is 0.305 e. The van der Waals surface area contributed by atoms with Gasteiger partial charge in [-0.25, -0.2) is 4.39 Å². The second-order valence-electron chi connectivity index (χ2n) is 5.04. The summed E-state index contributed by atoms with van der Waals surface area (Å²) < 4.78 is 13.4. The Morgan fingerprint density at radius 1 is 1.30 bits per heavy atom. The number of hydrogen-bond donors (Lipinski definition) is 2. The van der Waals surface area contributed by atoms with E-state index in [9.17, 15) is 14.0 Å². The molecule has 2 atom stereocenters. The molecule has 0 fully saturated rings. The van der Waals surface area contributed by atoms with Gasteiger partial charge in [0.2, 0.25) is 5.91 Å². The third-order valence-corrected chi connectivity index (χ3v) is 3.12. The summed E-state index contributed by atoms with van der Waals surface area (Å²) in [5.74, 6) is -1.70. The number of carboxylic acid groups (broad SMARTS) is 1. The first-order chi connectivity index (χ1) is 9.40. The molecule has 0 saturated carbocycles. The molecule has 1 aromatic rings. The standard InChI is InChI=1S/C15H20FNO3/c1-10(15(20)17-11(2)9-14(18)19)7-8-12-5-3-4-6-13(12)16/h3-6,10-11H,7-9H2,1-2H3,(H,17,20)(H,18,19)/t10-,11-/m1/s1. The predicted octanol–water partition coefficient (Wildman–Crippen LogP) is 2.37. The number of hydrogen-bond acceptors (Lipinski definition) is 2. The number of nitrogens with one attached hydrogen (secondary N) is 1.